The number of ketones is 1. The number of hydrogen-bond donors (Lipinski definition) is 0. The second-order valence-electron chi connectivity index (χ2n) is 8.20. The molecule has 5 rings (SSSR count). The summed E-state index contributed by atoms with van der Waals surface area (Å²) in [6, 6.07) is 0. The highest BCUT2D eigenvalue weighted by atomic mass is 32.2. The van der Waals surface area contributed by atoms with Crippen LogP contribution in [0.15, 0.2) is 0 Å². The number of carbonyl (C=O) groups is 1. The van der Waals surface area contributed by atoms with E-state index in [1.165, 1.54) is 50.7 Å². The van der Waals surface area contributed by atoms with Crippen molar-refractivity contribution in [2.45, 2.75) is 69.5 Å². The first kappa shape index (κ1) is 12.7. The molecule has 1 atom stereocenters. The Bertz CT molecular complexity index is 359. The molecule has 0 N–H and O–H groups in total. The van der Waals surface area contributed by atoms with E-state index >= 15 is 0 Å². The standard InChI is InChI=1S/C17H26OS/c1-16(3-2-4-19-16)15(18)11-17-8-12-5-13(9-17)7-14(6-12)10-17/h12-14H,2-11H2,1H3. The average Bonchev–Trinajstić information content (AvgIpc) is 2.75. The molecular weight excluding hydrogens is 252 g/mol. The zero-order valence-corrected chi connectivity index (χ0v) is 12.9. The van der Waals surface area contributed by atoms with Crippen molar-refractivity contribution in [1.29, 1.82) is 0 Å². The summed E-state index contributed by atoms with van der Waals surface area (Å²) in [5, 5.41) is 0. The molecule has 106 valence electrons. The van der Waals surface area contributed by atoms with Crippen LogP contribution in [0.25, 0.3) is 0 Å². The van der Waals surface area contributed by atoms with Gasteiger partial charge in [0.15, 0.2) is 0 Å². The Balaban J connectivity index is 1.51. The second kappa shape index (κ2) is 4.26. The highest BCUT2D eigenvalue weighted by Gasteiger charge is 2.53. The second-order valence-corrected chi connectivity index (χ2v) is 9.80. The van der Waals surface area contributed by atoms with Crippen molar-refractivity contribution in [3.8, 4) is 0 Å². The van der Waals surface area contributed by atoms with Crippen LogP contribution in [0.3, 0.4) is 0 Å². The zero-order chi connectivity index (χ0) is 13.1. The minimum absolute atomic E-state index is 0.0245. The van der Waals surface area contributed by atoms with Crippen LogP contribution in [-0.4, -0.2) is 16.3 Å². The average molecular weight is 278 g/mol. The third-order valence-corrected chi connectivity index (χ3v) is 8.07. The van der Waals surface area contributed by atoms with Crippen LogP contribution in [0.5, 0.6) is 0 Å². The summed E-state index contributed by atoms with van der Waals surface area (Å²) < 4.78 is -0.0245. The van der Waals surface area contributed by atoms with Gasteiger partial charge in [-0.05, 0) is 87.2 Å². The summed E-state index contributed by atoms with van der Waals surface area (Å²) in [4.78, 5) is 12.8. The van der Waals surface area contributed by atoms with Gasteiger partial charge < -0.3 is 0 Å². The first-order valence-corrected chi connectivity index (χ1v) is 9.23. The zero-order valence-electron chi connectivity index (χ0n) is 12.1. The van der Waals surface area contributed by atoms with E-state index in [4.69, 9.17) is 0 Å². The van der Waals surface area contributed by atoms with Crippen molar-refractivity contribution < 1.29 is 4.79 Å². The molecule has 1 nitrogen and oxygen atoms in total. The van der Waals surface area contributed by atoms with Gasteiger partial charge in [-0.3, -0.25) is 4.79 Å². The molecular formula is C17H26OS. The van der Waals surface area contributed by atoms with E-state index in [1.807, 2.05) is 11.8 Å². The van der Waals surface area contributed by atoms with Crippen LogP contribution in [0.2, 0.25) is 0 Å². The Morgan fingerprint density at radius 2 is 1.68 bits per heavy atom. The van der Waals surface area contributed by atoms with Crippen LogP contribution in [-0.2, 0) is 4.79 Å². The number of Topliss-reactive ketones (excluding diaryl/α,β-unsaturated/α-hetero) is 1. The number of rotatable bonds is 3. The Kier molecular flexibility index (Phi) is 2.85. The number of carbonyl (C=O) groups excluding carboxylic acids is 1. The fourth-order valence-corrected chi connectivity index (χ4v) is 7.29. The lowest BCUT2D eigenvalue weighted by Gasteiger charge is -2.57. The van der Waals surface area contributed by atoms with E-state index in [1.54, 1.807) is 0 Å². The molecule has 1 saturated heterocycles. The Labute approximate surface area is 121 Å². The predicted molar refractivity (Wildman–Crippen MR) is 80.3 cm³/mol. The summed E-state index contributed by atoms with van der Waals surface area (Å²) in [5.74, 6) is 4.72. The maximum absolute atomic E-state index is 12.8. The maximum atomic E-state index is 12.8. The van der Waals surface area contributed by atoms with Gasteiger partial charge in [0.2, 0.25) is 0 Å². The molecule has 5 aliphatic rings. The Morgan fingerprint density at radius 1 is 1.11 bits per heavy atom. The van der Waals surface area contributed by atoms with E-state index in [9.17, 15) is 4.79 Å². The first-order valence-electron chi connectivity index (χ1n) is 8.24. The summed E-state index contributed by atoms with van der Waals surface area (Å²) in [5.41, 5.74) is 0.442. The molecule has 1 aliphatic heterocycles. The van der Waals surface area contributed by atoms with Crippen LogP contribution in [0, 0.1) is 23.2 Å². The molecule has 1 heterocycles. The molecule has 1 unspecified atom stereocenters. The Hall–Kier alpha value is 0.0200. The molecule has 0 aromatic carbocycles. The van der Waals surface area contributed by atoms with Gasteiger partial charge in [-0.2, -0.15) is 0 Å². The maximum Gasteiger partial charge on any atom is 0.149 e. The van der Waals surface area contributed by atoms with E-state index in [0.717, 1.165) is 30.6 Å². The van der Waals surface area contributed by atoms with E-state index in [-0.39, 0.29) is 4.75 Å². The quantitative estimate of drug-likeness (QED) is 0.759. The number of hydrogen-bond acceptors (Lipinski definition) is 2. The lowest BCUT2D eigenvalue weighted by molar-refractivity contribution is -0.129. The summed E-state index contributed by atoms with van der Waals surface area (Å²) in [6.07, 6.45) is 11.9. The third-order valence-electron chi connectivity index (χ3n) is 6.51. The first-order chi connectivity index (χ1) is 9.07. The van der Waals surface area contributed by atoms with Crippen molar-refractivity contribution in [3.63, 3.8) is 0 Å². The van der Waals surface area contributed by atoms with Gasteiger partial charge in [-0.1, -0.05) is 0 Å². The molecule has 0 amide bonds. The lowest BCUT2D eigenvalue weighted by Crippen LogP contribution is -2.48. The molecule has 5 fully saturated rings. The van der Waals surface area contributed by atoms with Gasteiger partial charge in [0.25, 0.3) is 0 Å². The van der Waals surface area contributed by atoms with Crippen LogP contribution in [0.1, 0.15) is 64.7 Å². The van der Waals surface area contributed by atoms with Crippen LogP contribution in [0.4, 0.5) is 0 Å². The van der Waals surface area contributed by atoms with Crippen LogP contribution >= 0.6 is 11.8 Å². The Morgan fingerprint density at radius 3 is 2.16 bits per heavy atom. The van der Waals surface area contributed by atoms with Gasteiger partial charge >= 0.3 is 0 Å². The highest BCUT2D eigenvalue weighted by Crippen LogP contribution is 2.62. The summed E-state index contributed by atoms with van der Waals surface area (Å²) in [6.45, 7) is 2.22. The minimum atomic E-state index is -0.0245. The lowest BCUT2D eigenvalue weighted by atomic mass is 9.48. The van der Waals surface area contributed by atoms with Crippen molar-refractivity contribution in [1.82, 2.24) is 0 Å². The third kappa shape index (κ3) is 2.09. The molecule has 0 aromatic rings. The minimum Gasteiger partial charge on any atom is -0.298 e. The van der Waals surface area contributed by atoms with Crippen LogP contribution < -0.4 is 0 Å². The molecule has 0 radical (unpaired) electrons. The van der Waals surface area contributed by atoms with Gasteiger partial charge in [0.05, 0.1) is 4.75 Å². The highest BCUT2D eigenvalue weighted by molar-refractivity contribution is 8.01. The monoisotopic (exact) mass is 278 g/mol. The van der Waals surface area contributed by atoms with Crippen molar-refractivity contribution >= 4 is 17.5 Å². The molecule has 0 spiro atoms. The molecule has 0 aromatic heterocycles. The molecule has 19 heavy (non-hydrogen) atoms. The topological polar surface area (TPSA) is 17.1 Å². The summed E-state index contributed by atoms with van der Waals surface area (Å²) in [7, 11) is 0. The molecule has 4 bridgehead atoms. The number of thioether (sulfide) groups is 1. The SMILES string of the molecule is CC1(C(=O)CC23CC4CC(CC(C4)C2)C3)CCCS1. The van der Waals surface area contributed by atoms with E-state index < -0.39 is 0 Å². The predicted octanol–water partition coefficient (Wildman–Crippen LogP) is 4.45. The van der Waals surface area contributed by atoms with Crippen molar-refractivity contribution in [3.05, 3.63) is 0 Å². The smallest absolute Gasteiger partial charge is 0.149 e. The molecule has 4 aliphatic carbocycles. The van der Waals surface area contributed by atoms with Crippen molar-refractivity contribution in [2.75, 3.05) is 5.75 Å². The fraction of sp³-hybridized carbons (Fsp3) is 0.941. The largest absolute Gasteiger partial charge is 0.298 e. The van der Waals surface area contributed by atoms with Gasteiger partial charge in [0.1, 0.15) is 5.78 Å². The van der Waals surface area contributed by atoms with Crippen molar-refractivity contribution in [2.24, 2.45) is 23.2 Å². The van der Waals surface area contributed by atoms with Gasteiger partial charge in [0, 0.05) is 6.42 Å². The van der Waals surface area contributed by atoms with E-state index in [2.05, 4.69) is 6.92 Å². The van der Waals surface area contributed by atoms with E-state index in [0.29, 0.717) is 11.2 Å². The summed E-state index contributed by atoms with van der Waals surface area (Å²) >= 11 is 1.93. The van der Waals surface area contributed by atoms with Gasteiger partial charge in [-0.25, -0.2) is 0 Å². The molecule has 2 heteroatoms. The fourth-order valence-electron chi connectivity index (χ4n) is 6.03. The molecule has 4 saturated carbocycles. The normalized spacial score (nSPS) is 51.7. The van der Waals surface area contributed by atoms with Gasteiger partial charge in [-0.15, -0.1) is 11.8 Å².